The number of aromatic nitrogens is 1. The van der Waals surface area contributed by atoms with Crippen molar-refractivity contribution in [2.45, 2.75) is 26.3 Å². The molecule has 0 unspecified atom stereocenters. The minimum atomic E-state index is 0.724. The minimum Gasteiger partial charge on any atom is -0.497 e. The summed E-state index contributed by atoms with van der Waals surface area (Å²) in [6, 6.07) is 16.7. The average Bonchev–Trinajstić information content (AvgIpc) is 3.01. The van der Waals surface area contributed by atoms with Gasteiger partial charge in [-0.2, -0.15) is 0 Å². The summed E-state index contributed by atoms with van der Waals surface area (Å²) in [5, 5.41) is 1.21. The van der Waals surface area contributed by atoms with Gasteiger partial charge in [-0.1, -0.05) is 19.1 Å². The number of rotatable bonds is 7. The van der Waals surface area contributed by atoms with E-state index in [1.807, 2.05) is 6.07 Å². The molecule has 120 valence electrons. The summed E-state index contributed by atoms with van der Waals surface area (Å²) in [5.74, 6) is 1.85. The summed E-state index contributed by atoms with van der Waals surface area (Å²) in [6.07, 6.45) is 4.16. The van der Waals surface area contributed by atoms with Crippen LogP contribution in [-0.4, -0.2) is 18.3 Å². The molecule has 1 heterocycles. The fourth-order valence-corrected chi connectivity index (χ4v) is 2.75. The van der Waals surface area contributed by atoms with Gasteiger partial charge in [0, 0.05) is 23.6 Å². The van der Waals surface area contributed by atoms with E-state index in [0.717, 1.165) is 37.5 Å². The van der Waals surface area contributed by atoms with E-state index in [4.69, 9.17) is 9.47 Å². The van der Waals surface area contributed by atoms with E-state index >= 15 is 0 Å². The molecule has 0 aliphatic rings. The van der Waals surface area contributed by atoms with Crippen LogP contribution in [0.1, 0.15) is 18.9 Å². The smallest absolute Gasteiger partial charge is 0.119 e. The monoisotopic (exact) mass is 309 g/mol. The Kier molecular flexibility index (Phi) is 4.86. The fourth-order valence-electron chi connectivity index (χ4n) is 2.75. The number of hydrogen-bond donors (Lipinski definition) is 0. The van der Waals surface area contributed by atoms with Gasteiger partial charge in [0.2, 0.25) is 0 Å². The molecule has 0 atom stereocenters. The van der Waals surface area contributed by atoms with E-state index in [2.05, 4.69) is 60.2 Å². The molecule has 0 spiro atoms. The van der Waals surface area contributed by atoms with Crippen LogP contribution in [0.4, 0.5) is 0 Å². The molecule has 0 fully saturated rings. The summed E-state index contributed by atoms with van der Waals surface area (Å²) in [7, 11) is 1.70. The lowest BCUT2D eigenvalue weighted by Gasteiger charge is -2.09. The summed E-state index contributed by atoms with van der Waals surface area (Å²) < 4.78 is 13.3. The third-order valence-electron chi connectivity index (χ3n) is 4.12. The van der Waals surface area contributed by atoms with Crippen molar-refractivity contribution in [3.63, 3.8) is 0 Å². The Labute approximate surface area is 137 Å². The second-order valence-corrected chi connectivity index (χ2v) is 5.63. The van der Waals surface area contributed by atoms with Gasteiger partial charge in [-0.15, -0.1) is 0 Å². The molecule has 3 nitrogen and oxygen atoms in total. The van der Waals surface area contributed by atoms with E-state index in [1.54, 1.807) is 7.11 Å². The predicted octanol–water partition coefficient (Wildman–Crippen LogP) is 4.68. The highest BCUT2D eigenvalue weighted by Gasteiger charge is 2.02. The van der Waals surface area contributed by atoms with Gasteiger partial charge < -0.3 is 14.0 Å². The third-order valence-corrected chi connectivity index (χ3v) is 4.12. The van der Waals surface area contributed by atoms with Crippen molar-refractivity contribution in [1.29, 1.82) is 0 Å². The zero-order chi connectivity index (χ0) is 16.1. The molecule has 0 amide bonds. The van der Waals surface area contributed by atoms with E-state index in [0.29, 0.717) is 0 Å². The van der Waals surface area contributed by atoms with E-state index in [1.165, 1.54) is 16.5 Å². The molecule has 0 radical (unpaired) electrons. The van der Waals surface area contributed by atoms with Crippen molar-refractivity contribution in [3.05, 3.63) is 60.3 Å². The summed E-state index contributed by atoms with van der Waals surface area (Å²) in [6.45, 7) is 3.83. The highest BCUT2D eigenvalue weighted by atomic mass is 16.5. The van der Waals surface area contributed by atoms with E-state index in [9.17, 15) is 0 Å². The van der Waals surface area contributed by atoms with Crippen molar-refractivity contribution in [1.82, 2.24) is 4.57 Å². The first-order valence-corrected chi connectivity index (χ1v) is 8.15. The number of methoxy groups -OCH3 is 1. The Morgan fingerprint density at radius 3 is 2.48 bits per heavy atom. The molecule has 0 saturated carbocycles. The number of nitrogens with zero attached hydrogens (tertiary/aromatic N) is 1. The quantitative estimate of drug-likeness (QED) is 0.591. The van der Waals surface area contributed by atoms with Gasteiger partial charge in [0.25, 0.3) is 0 Å². The van der Waals surface area contributed by atoms with Crippen molar-refractivity contribution in [2.24, 2.45) is 0 Å². The first kappa shape index (κ1) is 15.5. The molecule has 0 bridgehead atoms. The lowest BCUT2D eigenvalue weighted by molar-refractivity contribution is 0.302. The molecule has 2 aromatic carbocycles. The van der Waals surface area contributed by atoms with Gasteiger partial charge in [0.05, 0.1) is 13.7 Å². The first-order valence-electron chi connectivity index (χ1n) is 8.15. The Balaban J connectivity index is 1.54. The van der Waals surface area contributed by atoms with Crippen molar-refractivity contribution in [2.75, 3.05) is 13.7 Å². The zero-order valence-electron chi connectivity index (χ0n) is 13.8. The van der Waals surface area contributed by atoms with Crippen LogP contribution in [0.5, 0.6) is 11.5 Å². The largest absolute Gasteiger partial charge is 0.497 e. The average molecular weight is 309 g/mol. The molecule has 23 heavy (non-hydrogen) atoms. The van der Waals surface area contributed by atoms with E-state index in [-0.39, 0.29) is 0 Å². The number of ether oxygens (including phenoxy) is 2. The number of benzene rings is 2. The molecule has 0 saturated heterocycles. The predicted molar refractivity (Wildman–Crippen MR) is 94.4 cm³/mol. The van der Waals surface area contributed by atoms with Crippen molar-refractivity contribution < 1.29 is 9.47 Å². The van der Waals surface area contributed by atoms with Crippen molar-refractivity contribution in [3.8, 4) is 11.5 Å². The van der Waals surface area contributed by atoms with Gasteiger partial charge in [0.1, 0.15) is 11.5 Å². The van der Waals surface area contributed by atoms with Crippen LogP contribution in [0.2, 0.25) is 0 Å². The number of aryl methyl sites for hydroxylation is 2. The van der Waals surface area contributed by atoms with Gasteiger partial charge in [-0.3, -0.25) is 0 Å². The van der Waals surface area contributed by atoms with Crippen molar-refractivity contribution >= 4 is 10.9 Å². The molecular weight excluding hydrogens is 286 g/mol. The topological polar surface area (TPSA) is 23.4 Å². The Morgan fingerprint density at radius 1 is 0.957 bits per heavy atom. The van der Waals surface area contributed by atoms with Crippen LogP contribution in [0.3, 0.4) is 0 Å². The number of fused-ring (bicyclic) bond motifs is 1. The third kappa shape index (κ3) is 3.67. The standard InChI is InChI=1S/C20H23NO2/c1-3-16-5-7-18(8-6-16)23-14-4-12-21-13-11-17-15-19(22-2)9-10-20(17)21/h5-11,13,15H,3-4,12,14H2,1-2H3. The Hall–Kier alpha value is -2.42. The maximum Gasteiger partial charge on any atom is 0.119 e. The molecule has 1 aromatic heterocycles. The summed E-state index contributed by atoms with van der Waals surface area (Å²) in [5.41, 5.74) is 2.57. The molecule has 3 heteroatoms. The van der Waals surface area contributed by atoms with Crippen LogP contribution in [0.25, 0.3) is 10.9 Å². The first-order chi connectivity index (χ1) is 11.3. The normalized spacial score (nSPS) is 10.9. The van der Waals surface area contributed by atoms with Gasteiger partial charge in [0.15, 0.2) is 0 Å². The van der Waals surface area contributed by atoms with E-state index < -0.39 is 0 Å². The summed E-state index contributed by atoms with van der Waals surface area (Å²) in [4.78, 5) is 0. The molecule has 3 aromatic rings. The van der Waals surface area contributed by atoms with Gasteiger partial charge in [-0.25, -0.2) is 0 Å². The maximum absolute atomic E-state index is 5.82. The molecule has 0 N–H and O–H groups in total. The molecule has 0 aliphatic carbocycles. The summed E-state index contributed by atoms with van der Waals surface area (Å²) >= 11 is 0. The maximum atomic E-state index is 5.82. The van der Waals surface area contributed by atoms with Crippen LogP contribution in [0, 0.1) is 0 Å². The fraction of sp³-hybridized carbons (Fsp3) is 0.300. The number of hydrogen-bond acceptors (Lipinski definition) is 2. The minimum absolute atomic E-state index is 0.724. The molecular formula is C20H23NO2. The van der Waals surface area contributed by atoms with Gasteiger partial charge >= 0.3 is 0 Å². The lowest BCUT2D eigenvalue weighted by Crippen LogP contribution is -2.03. The lowest BCUT2D eigenvalue weighted by atomic mass is 10.2. The SMILES string of the molecule is CCc1ccc(OCCCn2ccc3cc(OC)ccc32)cc1. The highest BCUT2D eigenvalue weighted by Crippen LogP contribution is 2.22. The van der Waals surface area contributed by atoms with Crippen LogP contribution >= 0.6 is 0 Å². The highest BCUT2D eigenvalue weighted by molar-refractivity contribution is 5.81. The Morgan fingerprint density at radius 2 is 1.74 bits per heavy atom. The van der Waals surface area contributed by atoms with Crippen LogP contribution in [0.15, 0.2) is 54.7 Å². The zero-order valence-corrected chi connectivity index (χ0v) is 13.8. The second-order valence-electron chi connectivity index (χ2n) is 5.63. The molecule has 3 rings (SSSR count). The van der Waals surface area contributed by atoms with Crippen LogP contribution in [-0.2, 0) is 13.0 Å². The van der Waals surface area contributed by atoms with Gasteiger partial charge in [-0.05, 0) is 54.8 Å². The molecule has 0 aliphatic heterocycles. The second kappa shape index (κ2) is 7.23. The van der Waals surface area contributed by atoms with Crippen LogP contribution < -0.4 is 9.47 Å². The Bertz CT molecular complexity index is 759.